The molecule has 0 atom stereocenters. The van der Waals surface area contributed by atoms with Gasteiger partial charge in [0.15, 0.2) is 12.4 Å². The molecule has 0 unspecified atom stereocenters. The third kappa shape index (κ3) is 0.248. The summed E-state index contributed by atoms with van der Waals surface area (Å²) in [7, 11) is 0. The van der Waals surface area contributed by atoms with Crippen LogP contribution in [0.2, 0.25) is 0 Å². The van der Waals surface area contributed by atoms with Crippen LogP contribution in [0.3, 0.4) is 0 Å². The molecule has 2 aliphatic heterocycles. The van der Waals surface area contributed by atoms with Gasteiger partial charge in [0, 0.05) is 0 Å². The van der Waals surface area contributed by atoms with Gasteiger partial charge in [0.1, 0.15) is 5.76 Å². The van der Waals surface area contributed by atoms with E-state index in [0.29, 0.717) is 6.73 Å². The minimum Gasteiger partial charge on any atom is -0.475 e. The number of nitrogens with zero attached hydrogens (tertiary/aromatic N) is 1. The summed E-state index contributed by atoms with van der Waals surface area (Å²) in [6.45, 7) is 2.25. The van der Waals surface area contributed by atoms with Crippen LogP contribution < -0.4 is 0 Å². The van der Waals surface area contributed by atoms with E-state index in [4.69, 9.17) is 4.74 Å². The van der Waals surface area contributed by atoms with Gasteiger partial charge in [-0.1, -0.05) is 0 Å². The first-order chi connectivity index (χ1) is 3.80. The van der Waals surface area contributed by atoms with Crippen LogP contribution in [-0.4, -0.2) is 17.5 Å². The molecule has 0 aromatic rings. The summed E-state index contributed by atoms with van der Waals surface area (Å²) in [6.07, 6.45) is 0. The van der Waals surface area contributed by atoms with E-state index >= 15 is 0 Å². The third-order valence-corrected chi connectivity index (χ3v) is 1.41. The molecule has 2 aliphatic rings. The van der Waals surface area contributed by atoms with Crippen molar-refractivity contribution in [3.63, 3.8) is 0 Å². The van der Waals surface area contributed by atoms with Crippen molar-refractivity contribution in [2.45, 2.75) is 6.92 Å². The molecule has 0 aromatic carbocycles. The van der Waals surface area contributed by atoms with Crippen LogP contribution in [0, 0.1) is 0 Å². The smallest absolute Gasteiger partial charge is 0.281 e. The molecule has 1 saturated heterocycles. The minimum atomic E-state index is 0.133. The monoisotopic (exact) mass is 111 g/mol. The summed E-state index contributed by atoms with van der Waals surface area (Å²) in [5, 5.41) is 0. The van der Waals surface area contributed by atoms with Crippen molar-refractivity contribution in [1.82, 2.24) is 4.90 Å². The van der Waals surface area contributed by atoms with Gasteiger partial charge >= 0.3 is 0 Å². The predicted molar refractivity (Wildman–Crippen MR) is 25.5 cm³/mol. The van der Waals surface area contributed by atoms with E-state index in [0.717, 1.165) is 11.5 Å². The second-order valence-electron chi connectivity index (χ2n) is 1.91. The normalized spacial score (nSPS) is 23.6. The molecular formula is C5H5NO2. The minimum absolute atomic E-state index is 0.133. The van der Waals surface area contributed by atoms with Gasteiger partial charge in [0.05, 0.1) is 0 Å². The lowest BCUT2D eigenvalue weighted by Gasteiger charge is -1.94. The standard InChI is InChI=1S/C5H5NO2/c1-3-4-5(7)6(4)2-8-3/h2H2,1H3. The first-order valence-corrected chi connectivity index (χ1v) is 2.46. The number of carbonyl (C=O) groups is 1. The Balaban J connectivity index is 2.45. The van der Waals surface area contributed by atoms with E-state index in [9.17, 15) is 4.79 Å². The maximum Gasteiger partial charge on any atom is 0.281 e. The molecule has 0 bridgehead atoms. The average molecular weight is 111 g/mol. The van der Waals surface area contributed by atoms with Gasteiger partial charge in [-0.05, 0) is 6.92 Å². The molecule has 2 rings (SSSR count). The molecule has 8 heavy (non-hydrogen) atoms. The molecule has 0 aromatic heterocycles. The summed E-state index contributed by atoms with van der Waals surface area (Å²) in [5.74, 6) is 0.906. The molecule has 0 spiro atoms. The molecule has 0 radical (unpaired) electrons. The summed E-state index contributed by atoms with van der Waals surface area (Å²) in [6, 6.07) is 0. The fourth-order valence-corrected chi connectivity index (χ4v) is 0.874. The summed E-state index contributed by atoms with van der Waals surface area (Å²) in [5.41, 5.74) is 0.769. The van der Waals surface area contributed by atoms with Crippen molar-refractivity contribution in [3.05, 3.63) is 11.5 Å². The van der Waals surface area contributed by atoms with E-state index in [-0.39, 0.29) is 5.91 Å². The van der Waals surface area contributed by atoms with Crippen molar-refractivity contribution < 1.29 is 9.53 Å². The number of hydrogen-bond acceptors (Lipinski definition) is 2. The van der Waals surface area contributed by atoms with Crippen molar-refractivity contribution in [1.29, 1.82) is 0 Å². The SMILES string of the molecule is CC1=C2C(=O)N2CO1. The van der Waals surface area contributed by atoms with Crippen LogP contribution in [-0.2, 0) is 9.53 Å². The molecule has 0 aliphatic carbocycles. The fraction of sp³-hybridized carbons (Fsp3) is 0.400. The highest BCUT2D eigenvalue weighted by Gasteiger charge is 2.46. The maximum absolute atomic E-state index is 10.5. The fourth-order valence-electron chi connectivity index (χ4n) is 0.874. The zero-order valence-electron chi connectivity index (χ0n) is 4.47. The molecule has 0 saturated carbocycles. The number of rotatable bonds is 0. The van der Waals surface area contributed by atoms with Crippen LogP contribution in [0.4, 0.5) is 0 Å². The van der Waals surface area contributed by atoms with Crippen LogP contribution >= 0.6 is 0 Å². The molecule has 0 N–H and O–H groups in total. The van der Waals surface area contributed by atoms with Gasteiger partial charge in [0.25, 0.3) is 5.91 Å². The lowest BCUT2D eigenvalue weighted by molar-refractivity contribution is -0.115. The second kappa shape index (κ2) is 0.891. The number of fused-ring (bicyclic) bond motifs is 1. The number of carbonyl (C=O) groups excluding carboxylic acids is 1. The Morgan fingerprint density at radius 1 is 1.75 bits per heavy atom. The lowest BCUT2D eigenvalue weighted by Crippen LogP contribution is -1.99. The van der Waals surface area contributed by atoms with Gasteiger partial charge in [0.2, 0.25) is 0 Å². The van der Waals surface area contributed by atoms with Crippen LogP contribution in [0.25, 0.3) is 0 Å². The van der Waals surface area contributed by atoms with Gasteiger partial charge in [-0.15, -0.1) is 0 Å². The lowest BCUT2D eigenvalue weighted by atomic mass is 10.5. The quantitative estimate of drug-likeness (QED) is 0.413. The highest BCUT2D eigenvalue weighted by molar-refractivity contribution is 6.10. The average Bonchev–Trinajstić information content (AvgIpc) is 2.13. The Bertz CT molecular complexity index is 195. The van der Waals surface area contributed by atoms with Gasteiger partial charge < -0.3 is 4.74 Å². The molecule has 1 amide bonds. The first kappa shape index (κ1) is 3.95. The van der Waals surface area contributed by atoms with Crippen molar-refractivity contribution in [2.75, 3.05) is 6.73 Å². The first-order valence-electron chi connectivity index (χ1n) is 2.46. The Kier molecular flexibility index (Phi) is 0.440. The molecule has 1 fully saturated rings. The predicted octanol–water partition coefficient (Wildman–Crippen LogP) is 0.0478. The number of amides is 1. The van der Waals surface area contributed by atoms with Crippen LogP contribution in [0.15, 0.2) is 11.5 Å². The topological polar surface area (TPSA) is 29.3 Å². The van der Waals surface area contributed by atoms with Gasteiger partial charge in [-0.3, -0.25) is 9.69 Å². The Hall–Kier alpha value is -0.990. The van der Waals surface area contributed by atoms with E-state index < -0.39 is 0 Å². The van der Waals surface area contributed by atoms with Crippen molar-refractivity contribution in [2.24, 2.45) is 0 Å². The molecular weight excluding hydrogens is 106 g/mol. The third-order valence-electron chi connectivity index (χ3n) is 1.41. The Morgan fingerprint density at radius 3 is 2.75 bits per heavy atom. The van der Waals surface area contributed by atoms with Gasteiger partial charge in [-0.2, -0.15) is 0 Å². The maximum atomic E-state index is 10.5. The van der Waals surface area contributed by atoms with E-state index in [1.54, 1.807) is 11.8 Å². The zero-order valence-corrected chi connectivity index (χ0v) is 4.47. The van der Waals surface area contributed by atoms with Crippen LogP contribution in [0.5, 0.6) is 0 Å². The molecule has 3 nitrogen and oxygen atoms in total. The van der Waals surface area contributed by atoms with Gasteiger partial charge in [-0.25, -0.2) is 0 Å². The van der Waals surface area contributed by atoms with E-state index in [2.05, 4.69) is 0 Å². The Labute approximate surface area is 46.5 Å². The summed E-state index contributed by atoms with van der Waals surface area (Å²) in [4.78, 5) is 12.1. The molecule has 2 heterocycles. The number of allylic oxidation sites excluding steroid dienone is 1. The van der Waals surface area contributed by atoms with E-state index in [1.165, 1.54) is 0 Å². The number of hydrogen-bond donors (Lipinski definition) is 0. The highest BCUT2D eigenvalue weighted by Crippen LogP contribution is 2.33. The zero-order chi connectivity index (χ0) is 5.72. The van der Waals surface area contributed by atoms with Crippen LogP contribution in [0.1, 0.15) is 6.92 Å². The Morgan fingerprint density at radius 2 is 2.50 bits per heavy atom. The largest absolute Gasteiger partial charge is 0.475 e. The highest BCUT2D eigenvalue weighted by atomic mass is 16.5. The van der Waals surface area contributed by atoms with Crippen molar-refractivity contribution >= 4 is 5.91 Å². The van der Waals surface area contributed by atoms with Crippen molar-refractivity contribution in [3.8, 4) is 0 Å². The second-order valence-corrected chi connectivity index (χ2v) is 1.91. The molecule has 3 heteroatoms. The summed E-state index contributed by atoms with van der Waals surface area (Å²) < 4.78 is 4.97. The van der Waals surface area contributed by atoms with E-state index in [1.807, 2.05) is 0 Å². The number of ether oxygens (including phenoxy) is 1. The molecule has 42 valence electrons. The summed E-state index contributed by atoms with van der Waals surface area (Å²) >= 11 is 0.